The van der Waals surface area contributed by atoms with Crippen molar-refractivity contribution in [3.63, 3.8) is 0 Å². The van der Waals surface area contributed by atoms with Gasteiger partial charge in [0.15, 0.2) is 0 Å². The van der Waals surface area contributed by atoms with E-state index < -0.39 is 17.8 Å². The maximum atomic E-state index is 12.6. The van der Waals surface area contributed by atoms with Crippen LogP contribution in [0.3, 0.4) is 0 Å². The van der Waals surface area contributed by atoms with Gasteiger partial charge in [-0.15, -0.1) is 0 Å². The van der Waals surface area contributed by atoms with Crippen LogP contribution < -0.4 is 4.74 Å². The molecule has 0 aliphatic heterocycles. The Morgan fingerprint density at radius 2 is 1.76 bits per heavy atom. The van der Waals surface area contributed by atoms with Crippen LogP contribution >= 0.6 is 11.6 Å². The van der Waals surface area contributed by atoms with E-state index in [2.05, 4.69) is 0 Å². The maximum Gasteiger partial charge on any atom is 0.416 e. The van der Waals surface area contributed by atoms with Crippen LogP contribution in [0.25, 0.3) is 0 Å². The molecule has 2 aromatic rings. The van der Waals surface area contributed by atoms with E-state index >= 15 is 0 Å². The molecule has 0 spiro atoms. The summed E-state index contributed by atoms with van der Waals surface area (Å²) in [6.45, 7) is 0. The zero-order valence-corrected chi connectivity index (χ0v) is 11.3. The average Bonchev–Trinajstić information content (AvgIpc) is 2.45. The van der Waals surface area contributed by atoms with Crippen molar-refractivity contribution in [3.05, 3.63) is 64.7 Å². The van der Waals surface area contributed by atoms with Crippen molar-refractivity contribution in [1.82, 2.24) is 0 Å². The normalized spacial score (nSPS) is 12.5. The van der Waals surface area contributed by atoms with Crippen molar-refractivity contribution in [3.8, 4) is 11.8 Å². The Kier molecular flexibility index (Phi) is 4.39. The van der Waals surface area contributed by atoms with Crippen LogP contribution in [-0.4, -0.2) is 0 Å². The highest BCUT2D eigenvalue weighted by Crippen LogP contribution is 2.32. The smallest absolute Gasteiger partial charge is 0.416 e. The zero-order valence-electron chi connectivity index (χ0n) is 10.6. The molecule has 0 heterocycles. The predicted molar refractivity (Wildman–Crippen MR) is 71.9 cm³/mol. The molecule has 2 nitrogen and oxygen atoms in total. The first-order valence-electron chi connectivity index (χ1n) is 5.89. The first-order valence-corrected chi connectivity index (χ1v) is 6.27. The molecule has 2 rings (SSSR count). The molecule has 1 atom stereocenters. The fourth-order valence-electron chi connectivity index (χ4n) is 1.69. The summed E-state index contributed by atoms with van der Waals surface area (Å²) in [6.07, 6.45) is -5.47. The van der Waals surface area contributed by atoms with Gasteiger partial charge in [-0.1, -0.05) is 29.8 Å². The predicted octanol–water partition coefficient (Wildman–Crippen LogP) is 5.00. The van der Waals surface area contributed by atoms with E-state index in [1.165, 1.54) is 12.1 Å². The number of hydrogen-bond acceptors (Lipinski definition) is 2. The van der Waals surface area contributed by atoms with Gasteiger partial charge in [0, 0.05) is 10.6 Å². The van der Waals surface area contributed by atoms with Crippen LogP contribution in [0.4, 0.5) is 13.2 Å². The third-order valence-corrected chi connectivity index (χ3v) is 2.96. The quantitative estimate of drug-likeness (QED) is 0.799. The van der Waals surface area contributed by atoms with Crippen LogP contribution in [0.1, 0.15) is 17.2 Å². The van der Waals surface area contributed by atoms with Crippen molar-refractivity contribution in [2.24, 2.45) is 0 Å². The molecule has 108 valence electrons. The molecule has 0 bridgehead atoms. The summed E-state index contributed by atoms with van der Waals surface area (Å²) in [6, 6.07) is 12.6. The first-order chi connectivity index (χ1) is 9.90. The number of halogens is 4. The lowest BCUT2D eigenvalue weighted by Crippen LogP contribution is -2.08. The summed E-state index contributed by atoms with van der Waals surface area (Å²) in [5.74, 6) is -0.0219. The van der Waals surface area contributed by atoms with Gasteiger partial charge in [0.05, 0.1) is 5.56 Å². The highest BCUT2D eigenvalue weighted by molar-refractivity contribution is 6.30. The van der Waals surface area contributed by atoms with Gasteiger partial charge < -0.3 is 4.74 Å². The maximum absolute atomic E-state index is 12.6. The lowest BCUT2D eigenvalue weighted by atomic mass is 10.1. The van der Waals surface area contributed by atoms with Gasteiger partial charge in [-0.3, -0.25) is 0 Å². The van der Waals surface area contributed by atoms with E-state index in [1.807, 2.05) is 6.07 Å². The molecule has 21 heavy (non-hydrogen) atoms. The highest BCUT2D eigenvalue weighted by atomic mass is 35.5. The number of rotatable bonds is 3. The number of hydrogen-bond donors (Lipinski definition) is 0. The van der Waals surface area contributed by atoms with E-state index in [0.29, 0.717) is 10.6 Å². The van der Waals surface area contributed by atoms with Gasteiger partial charge in [0.2, 0.25) is 6.10 Å². The first kappa shape index (κ1) is 15.2. The molecule has 0 radical (unpaired) electrons. The van der Waals surface area contributed by atoms with Gasteiger partial charge in [-0.25, -0.2) is 0 Å². The van der Waals surface area contributed by atoms with E-state index in [9.17, 15) is 13.2 Å². The third kappa shape index (κ3) is 3.89. The molecule has 6 heteroatoms. The Balaban J connectivity index is 2.23. The summed E-state index contributed by atoms with van der Waals surface area (Å²) in [5.41, 5.74) is -0.313. The summed E-state index contributed by atoms with van der Waals surface area (Å²) in [7, 11) is 0. The van der Waals surface area contributed by atoms with E-state index in [0.717, 1.165) is 12.1 Å². The van der Waals surface area contributed by atoms with Crippen LogP contribution in [0.2, 0.25) is 5.02 Å². The van der Waals surface area contributed by atoms with Crippen molar-refractivity contribution in [1.29, 1.82) is 5.26 Å². The monoisotopic (exact) mass is 311 g/mol. The summed E-state index contributed by atoms with van der Waals surface area (Å²) in [4.78, 5) is 0. The van der Waals surface area contributed by atoms with Crippen molar-refractivity contribution >= 4 is 11.6 Å². The lowest BCUT2D eigenvalue weighted by molar-refractivity contribution is -0.137. The van der Waals surface area contributed by atoms with Crippen LogP contribution in [0.5, 0.6) is 5.75 Å². The van der Waals surface area contributed by atoms with Crippen molar-refractivity contribution in [2.45, 2.75) is 12.3 Å². The van der Waals surface area contributed by atoms with Crippen LogP contribution in [-0.2, 0) is 6.18 Å². The molecule has 0 fully saturated rings. The van der Waals surface area contributed by atoms with Gasteiger partial charge in [-0.05, 0) is 30.3 Å². The minimum atomic E-state index is -4.46. The number of benzene rings is 2. The minimum Gasteiger partial charge on any atom is -0.471 e. The number of alkyl halides is 3. The fourth-order valence-corrected chi connectivity index (χ4v) is 1.81. The summed E-state index contributed by atoms with van der Waals surface area (Å²) in [5, 5.41) is 9.60. The van der Waals surface area contributed by atoms with E-state index in [4.69, 9.17) is 21.6 Å². The molecule has 0 aliphatic rings. The second kappa shape index (κ2) is 6.06. The largest absolute Gasteiger partial charge is 0.471 e. The Morgan fingerprint density at radius 1 is 1.10 bits per heavy atom. The van der Waals surface area contributed by atoms with Gasteiger partial charge in [0.1, 0.15) is 11.8 Å². The molecule has 0 amide bonds. The third-order valence-electron chi connectivity index (χ3n) is 2.71. The molecule has 0 saturated heterocycles. The standard InChI is InChI=1S/C15H9ClF3NO/c16-12-6-4-10(5-7-12)14(9-20)21-13-3-1-2-11(8-13)15(17,18)19/h1-8,14H. The number of nitriles is 1. The van der Waals surface area contributed by atoms with Crippen LogP contribution in [0, 0.1) is 11.3 Å². The van der Waals surface area contributed by atoms with Crippen LogP contribution in [0.15, 0.2) is 48.5 Å². The topological polar surface area (TPSA) is 33.0 Å². The Labute approximate surface area is 124 Å². The fraction of sp³-hybridized carbons (Fsp3) is 0.133. The molecular formula is C15H9ClF3NO. The lowest BCUT2D eigenvalue weighted by Gasteiger charge is -2.14. The van der Waals surface area contributed by atoms with Gasteiger partial charge in [-0.2, -0.15) is 18.4 Å². The molecule has 0 N–H and O–H groups in total. The number of ether oxygens (including phenoxy) is 1. The Hall–Kier alpha value is -2.19. The van der Waals surface area contributed by atoms with Crippen molar-refractivity contribution < 1.29 is 17.9 Å². The van der Waals surface area contributed by atoms with E-state index in [-0.39, 0.29) is 5.75 Å². The van der Waals surface area contributed by atoms with Crippen molar-refractivity contribution in [2.75, 3.05) is 0 Å². The summed E-state index contributed by atoms with van der Waals surface area (Å²) < 4.78 is 43.2. The van der Waals surface area contributed by atoms with Gasteiger partial charge in [0.25, 0.3) is 0 Å². The second-order valence-corrected chi connectivity index (χ2v) is 4.64. The average molecular weight is 312 g/mol. The SMILES string of the molecule is N#CC(Oc1cccc(C(F)(F)F)c1)c1ccc(Cl)cc1. The highest BCUT2D eigenvalue weighted by Gasteiger charge is 2.30. The minimum absolute atomic E-state index is 0.0219. The zero-order chi connectivity index (χ0) is 15.5. The molecule has 0 aliphatic carbocycles. The number of nitrogens with zero attached hydrogens (tertiary/aromatic N) is 1. The summed E-state index contributed by atoms with van der Waals surface area (Å²) >= 11 is 5.74. The van der Waals surface area contributed by atoms with E-state index in [1.54, 1.807) is 24.3 Å². The molecule has 2 aromatic carbocycles. The molecular weight excluding hydrogens is 303 g/mol. The molecule has 0 aromatic heterocycles. The Morgan fingerprint density at radius 3 is 2.33 bits per heavy atom. The molecule has 1 unspecified atom stereocenters. The Bertz CT molecular complexity index is 662. The second-order valence-electron chi connectivity index (χ2n) is 4.20. The molecule has 0 saturated carbocycles. The van der Waals surface area contributed by atoms with Gasteiger partial charge >= 0.3 is 6.18 Å².